The van der Waals surface area contributed by atoms with Gasteiger partial charge in [-0.25, -0.2) is 0 Å². The summed E-state index contributed by atoms with van der Waals surface area (Å²) in [4.78, 5) is 17.6. The number of fused-ring (bicyclic) bond motifs is 2. The number of amides is 1. The highest BCUT2D eigenvalue weighted by Gasteiger charge is 2.20. The fourth-order valence-electron chi connectivity index (χ4n) is 4.64. The van der Waals surface area contributed by atoms with Gasteiger partial charge in [0.05, 0.1) is 30.4 Å². The zero-order chi connectivity index (χ0) is 26.6. The van der Waals surface area contributed by atoms with Gasteiger partial charge in [0.2, 0.25) is 0 Å². The van der Waals surface area contributed by atoms with Crippen molar-refractivity contribution >= 4 is 57.1 Å². The van der Waals surface area contributed by atoms with Gasteiger partial charge in [-0.3, -0.25) is 9.78 Å². The first-order valence-electron chi connectivity index (χ1n) is 12.3. The molecule has 2 N–H and O–H groups in total. The van der Waals surface area contributed by atoms with Crippen LogP contribution in [0.3, 0.4) is 0 Å². The summed E-state index contributed by atoms with van der Waals surface area (Å²) in [7, 11) is 3.23. The predicted molar refractivity (Wildman–Crippen MR) is 152 cm³/mol. The molecule has 0 saturated heterocycles. The summed E-state index contributed by atoms with van der Waals surface area (Å²) in [5.41, 5.74) is 5.65. The van der Waals surface area contributed by atoms with E-state index in [4.69, 9.17) is 42.4 Å². The molecule has 0 bridgehead atoms. The number of benzene rings is 3. The molecular formula is C29H27Cl2N3O4. The van der Waals surface area contributed by atoms with Crippen LogP contribution < -0.4 is 24.8 Å². The van der Waals surface area contributed by atoms with Gasteiger partial charge >= 0.3 is 0 Å². The summed E-state index contributed by atoms with van der Waals surface area (Å²) < 4.78 is 16.5. The average molecular weight is 552 g/mol. The summed E-state index contributed by atoms with van der Waals surface area (Å²) in [6, 6.07) is 16.3. The number of rotatable bonds is 8. The van der Waals surface area contributed by atoms with Gasteiger partial charge in [0.25, 0.3) is 5.91 Å². The lowest BCUT2D eigenvalue weighted by Gasteiger charge is -2.22. The number of carbonyl (C=O) groups is 1. The molecule has 4 aromatic rings. The van der Waals surface area contributed by atoms with Gasteiger partial charge in [0, 0.05) is 33.5 Å². The normalized spacial score (nSPS) is 12.5. The van der Waals surface area contributed by atoms with Gasteiger partial charge in [-0.15, -0.1) is 0 Å². The van der Waals surface area contributed by atoms with Crippen molar-refractivity contribution in [1.82, 2.24) is 4.98 Å². The number of nitrogens with zero attached hydrogens (tertiary/aromatic N) is 1. The second kappa shape index (κ2) is 11.4. The highest BCUT2D eigenvalue weighted by molar-refractivity contribution is 6.35. The number of aromatic nitrogens is 1. The van der Waals surface area contributed by atoms with E-state index in [0.717, 1.165) is 53.7 Å². The monoisotopic (exact) mass is 551 g/mol. The van der Waals surface area contributed by atoms with Gasteiger partial charge in [0.1, 0.15) is 5.75 Å². The van der Waals surface area contributed by atoms with E-state index >= 15 is 0 Å². The Kier molecular flexibility index (Phi) is 7.77. The highest BCUT2D eigenvalue weighted by Crippen LogP contribution is 2.38. The summed E-state index contributed by atoms with van der Waals surface area (Å²) in [5, 5.41) is 8.27. The molecule has 0 saturated carbocycles. The van der Waals surface area contributed by atoms with Gasteiger partial charge in [-0.2, -0.15) is 0 Å². The number of pyridine rings is 1. The Balaban J connectivity index is 1.43. The quantitative estimate of drug-likeness (QED) is 0.241. The first-order valence-corrected chi connectivity index (χ1v) is 13.0. The molecule has 5 rings (SSSR count). The number of halogens is 2. The van der Waals surface area contributed by atoms with E-state index in [0.29, 0.717) is 33.0 Å². The van der Waals surface area contributed by atoms with Gasteiger partial charge in [-0.05, 0) is 79.8 Å². The number of methoxy groups -OCH3 is 2. The van der Waals surface area contributed by atoms with Crippen LogP contribution in [-0.2, 0) is 17.6 Å². The minimum absolute atomic E-state index is 0.196. The second-order valence-electron chi connectivity index (χ2n) is 8.96. The molecule has 3 aromatic carbocycles. The number of carbonyl (C=O) groups excluding carboxylic acids is 1. The molecule has 1 aliphatic carbocycles. The summed E-state index contributed by atoms with van der Waals surface area (Å²) in [5.74, 6) is 1.38. The molecule has 9 heteroatoms. The Morgan fingerprint density at radius 3 is 2.45 bits per heavy atom. The van der Waals surface area contributed by atoms with Crippen LogP contribution in [0.25, 0.3) is 10.9 Å². The van der Waals surface area contributed by atoms with Crippen LogP contribution in [-0.4, -0.2) is 31.7 Å². The van der Waals surface area contributed by atoms with Crippen molar-refractivity contribution < 1.29 is 19.0 Å². The fourth-order valence-corrected chi connectivity index (χ4v) is 5.10. The van der Waals surface area contributed by atoms with Crippen molar-refractivity contribution in [2.45, 2.75) is 25.7 Å². The molecule has 1 aliphatic rings. The van der Waals surface area contributed by atoms with Crippen LogP contribution in [0.4, 0.5) is 17.1 Å². The standard InChI is InChI=1S/C29H27Cl2N3O4/c1-36-26-12-9-19(15-27(26)37-2)33-29-20-5-3-4-6-23(20)34-24-10-8-18(14-21(24)29)32-28(35)16-38-25-11-7-17(30)13-22(25)31/h7-15H,3-6,16H2,1-2H3,(H,32,35)(H,33,34). The van der Waals surface area contributed by atoms with Crippen molar-refractivity contribution in [3.8, 4) is 17.2 Å². The first-order chi connectivity index (χ1) is 18.4. The molecule has 1 amide bonds. The van der Waals surface area contributed by atoms with E-state index in [1.807, 2.05) is 36.4 Å². The Hall–Kier alpha value is -3.68. The smallest absolute Gasteiger partial charge is 0.262 e. The van der Waals surface area contributed by atoms with Crippen LogP contribution in [0.2, 0.25) is 10.0 Å². The molecule has 196 valence electrons. The summed E-state index contributed by atoms with van der Waals surface area (Å²) in [6.45, 7) is -0.196. The van der Waals surface area contributed by atoms with E-state index in [9.17, 15) is 4.79 Å². The zero-order valence-electron chi connectivity index (χ0n) is 21.1. The number of nitrogens with one attached hydrogen (secondary N) is 2. The minimum Gasteiger partial charge on any atom is -0.493 e. The summed E-state index contributed by atoms with van der Waals surface area (Å²) in [6.07, 6.45) is 4.09. The van der Waals surface area contributed by atoms with Crippen molar-refractivity contribution in [2.75, 3.05) is 31.5 Å². The lowest BCUT2D eigenvalue weighted by Crippen LogP contribution is -2.20. The number of aryl methyl sites for hydroxylation is 1. The lowest BCUT2D eigenvalue weighted by molar-refractivity contribution is -0.118. The summed E-state index contributed by atoms with van der Waals surface area (Å²) >= 11 is 12.1. The molecule has 0 spiro atoms. The molecule has 38 heavy (non-hydrogen) atoms. The van der Waals surface area contributed by atoms with E-state index in [1.165, 1.54) is 5.56 Å². The van der Waals surface area contributed by atoms with E-state index in [-0.39, 0.29) is 12.5 Å². The van der Waals surface area contributed by atoms with Crippen LogP contribution in [0.15, 0.2) is 54.6 Å². The first kappa shape index (κ1) is 25.9. The van der Waals surface area contributed by atoms with E-state index in [1.54, 1.807) is 32.4 Å². The van der Waals surface area contributed by atoms with Crippen LogP contribution in [0, 0.1) is 0 Å². The number of ether oxygens (including phenoxy) is 3. The maximum atomic E-state index is 12.7. The molecule has 0 fully saturated rings. The molecule has 7 nitrogen and oxygen atoms in total. The highest BCUT2D eigenvalue weighted by atomic mass is 35.5. The molecule has 0 atom stereocenters. The Morgan fingerprint density at radius 2 is 1.66 bits per heavy atom. The third-order valence-corrected chi connectivity index (χ3v) is 6.98. The predicted octanol–water partition coefficient (Wildman–Crippen LogP) is 7.20. The third kappa shape index (κ3) is 5.59. The molecule has 0 radical (unpaired) electrons. The third-order valence-electron chi connectivity index (χ3n) is 6.45. The van der Waals surface area contributed by atoms with Crippen LogP contribution in [0.5, 0.6) is 17.2 Å². The average Bonchev–Trinajstić information content (AvgIpc) is 2.92. The van der Waals surface area contributed by atoms with Crippen molar-refractivity contribution in [3.05, 3.63) is 75.9 Å². The minimum atomic E-state index is -0.310. The number of hydrogen-bond acceptors (Lipinski definition) is 6. The SMILES string of the molecule is COc1ccc(Nc2c3c(nc4ccc(NC(=O)COc5ccc(Cl)cc5Cl)cc24)CCCC3)cc1OC. The molecular weight excluding hydrogens is 525 g/mol. The van der Waals surface area contributed by atoms with Gasteiger partial charge in [0.15, 0.2) is 18.1 Å². The Morgan fingerprint density at radius 1 is 0.895 bits per heavy atom. The molecule has 0 unspecified atom stereocenters. The van der Waals surface area contributed by atoms with Crippen LogP contribution in [0.1, 0.15) is 24.1 Å². The molecule has 0 aliphatic heterocycles. The van der Waals surface area contributed by atoms with Gasteiger partial charge < -0.3 is 24.8 Å². The maximum Gasteiger partial charge on any atom is 0.262 e. The second-order valence-corrected chi connectivity index (χ2v) is 9.80. The Bertz CT molecular complexity index is 1510. The molecule has 1 heterocycles. The van der Waals surface area contributed by atoms with E-state index in [2.05, 4.69) is 10.6 Å². The van der Waals surface area contributed by atoms with Crippen molar-refractivity contribution in [3.63, 3.8) is 0 Å². The molecule has 1 aromatic heterocycles. The van der Waals surface area contributed by atoms with E-state index < -0.39 is 0 Å². The Labute approximate surface area is 231 Å². The maximum absolute atomic E-state index is 12.7. The van der Waals surface area contributed by atoms with Gasteiger partial charge in [-0.1, -0.05) is 23.2 Å². The fraction of sp³-hybridized carbons (Fsp3) is 0.241. The topological polar surface area (TPSA) is 81.7 Å². The number of hydrogen-bond donors (Lipinski definition) is 2. The van der Waals surface area contributed by atoms with Crippen LogP contribution >= 0.6 is 23.2 Å². The largest absolute Gasteiger partial charge is 0.493 e. The lowest BCUT2D eigenvalue weighted by atomic mass is 9.92. The zero-order valence-corrected chi connectivity index (χ0v) is 22.6. The number of anilines is 3. The van der Waals surface area contributed by atoms with Crippen molar-refractivity contribution in [1.29, 1.82) is 0 Å². The van der Waals surface area contributed by atoms with Crippen molar-refractivity contribution in [2.24, 2.45) is 0 Å².